The molecule has 0 saturated carbocycles. The van der Waals surface area contributed by atoms with E-state index in [1.54, 1.807) is 22.9 Å². The highest BCUT2D eigenvalue weighted by atomic mass is 35.5. The molecular weight excluding hydrogens is 317 g/mol. The van der Waals surface area contributed by atoms with E-state index in [4.69, 9.17) is 28.3 Å². The van der Waals surface area contributed by atoms with Gasteiger partial charge in [-0.05, 0) is 13.0 Å². The fraction of sp³-hybridized carbons (Fsp3) is 0.308. The van der Waals surface area contributed by atoms with E-state index in [2.05, 4.69) is 4.98 Å². The molecule has 1 atom stereocenters. The van der Waals surface area contributed by atoms with Crippen molar-refractivity contribution >= 4 is 40.7 Å². The van der Waals surface area contributed by atoms with E-state index >= 15 is 0 Å². The van der Waals surface area contributed by atoms with Crippen LogP contribution < -0.4 is 0 Å². The molecule has 0 aliphatic heterocycles. The number of carboxylic acids is 1. The molecule has 6 nitrogen and oxygen atoms in total. The summed E-state index contributed by atoms with van der Waals surface area (Å²) in [7, 11) is 1.45. The number of imidazole rings is 1. The highest BCUT2D eigenvalue weighted by molar-refractivity contribution is 6.36. The standard InChI is InChI=1S/C13H13Cl2N3O3/c1-7(13(20)21)17(2)11(19)4-9-6-18-5-8(14)3-10(15)12(18)16-9/h3,5-7H,4H2,1-2H3,(H,20,21). The number of carbonyl (C=O) groups is 2. The molecule has 2 aromatic rings. The lowest BCUT2D eigenvalue weighted by Crippen LogP contribution is -2.41. The van der Waals surface area contributed by atoms with Crippen molar-refractivity contribution in [1.82, 2.24) is 14.3 Å². The van der Waals surface area contributed by atoms with Crippen LogP contribution in [0.2, 0.25) is 10.0 Å². The molecule has 0 aromatic carbocycles. The molecule has 112 valence electrons. The van der Waals surface area contributed by atoms with Crippen LogP contribution in [0, 0.1) is 0 Å². The maximum absolute atomic E-state index is 12.0. The Morgan fingerprint density at radius 1 is 1.43 bits per heavy atom. The molecule has 0 saturated heterocycles. The van der Waals surface area contributed by atoms with Crippen molar-refractivity contribution in [2.24, 2.45) is 0 Å². The lowest BCUT2D eigenvalue weighted by molar-refractivity contribution is -0.148. The third-order valence-electron chi connectivity index (χ3n) is 3.19. The Labute approximate surface area is 130 Å². The predicted octanol–water partition coefficient (Wildman–Crippen LogP) is 2.12. The smallest absolute Gasteiger partial charge is 0.326 e. The SMILES string of the molecule is CC(C(=O)O)N(C)C(=O)Cc1cn2cc(Cl)cc(Cl)c2n1. The second-order valence-electron chi connectivity index (χ2n) is 4.67. The Kier molecular flexibility index (Phi) is 4.39. The molecule has 21 heavy (non-hydrogen) atoms. The number of carboxylic acid groups (broad SMARTS) is 1. The molecule has 1 unspecified atom stereocenters. The fourth-order valence-electron chi connectivity index (χ4n) is 1.82. The van der Waals surface area contributed by atoms with Gasteiger partial charge in [-0.25, -0.2) is 9.78 Å². The van der Waals surface area contributed by atoms with Crippen LogP contribution in [0.1, 0.15) is 12.6 Å². The molecular formula is C13H13Cl2N3O3. The summed E-state index contributed by atoms with van der Waals surface area (Å²) in [5.74, 6) is -1.40. The minimum absolute atomic E-state index is 0.0102. The van der Waals surface area contributed by atoms with E-state index in [1.807, 2.05) is 0 Å². The van der Waals surface area contributed by atoms with Gasteiger partial charge in [-0.1, -0.05) is 23.2 Å². The van der Waals surface area contributed by atoms with E-state index in [1.165, 1.54) is 18.9 Å². The maximum Gasteiger partial charge on any atom is 0.326 e. The second-order valence-corrected chi connectivity index (χ2v) is 5.51. The average Bonchev–Trinajstić information content (AvgIpc) is 2.79. The van der Waals surface area contributed by atoms with Crippen molar-refractivity contribution in [2.75, 3.05) is 7.05 Å². The molecule has 0 aliphatic rings. The molecule has 1 N–H and O–H groups in total. The first-order valence-corrected chi connectivity index (χ1v) is 6.86. The quantitative estimate of drug-likeness (QED) is 0.932. The fourth-order valence-corrected chi connectivity index (χ4v) is 2.35. The molecule has 8 heteroatoms. The molecule has 0 aliphatic carbocycles. The molecule has 0 spiro atoms. The van der Waals surface area contributed by atoms with Gasteiger partial charge in [0.15, 0.2) is 5.65 Å². The van der Waals surface area contributed by atoms with Crippen LogP contribution in [0.3, 0.4) is 0 Å². The second kappa shape index (κ2) is 5.91. The molecule has 2 aromatic heterocycles. The van der Waals surface area contributed by atoms with Crippen LogP contribution in [-0.4, -0.2) is 44.4 Å². The normalized spacial score (nSPS) is 12.4. The zero-order chi connectivity index (χ0) is 15.7. The number of carbonyl (C=O) groups excluding carboxylic acids is 1. The van der Waals surface area contributed by atoms with E-state index in [0.29, 0.717) is 21.4 Å². The largest absolute Gasteiger partial charge is 0.480 e. The average molecular weight is 330 g/mol. The zero-order valence-corrected chi connectivity index (χ0v) is 12.9. The Morgan fingerprint density at radius 3 is 2.71 bits per heavy atom. The summed E-state index contributed by atoms with van der Waals surface area (Å²) in [6.45, 7) is 1.44. The summed E-state index contributed by atoms with van der Waals surface area (Å²) >= 11 is 11.9. The van der Waals surface area contributed by atoms with Gasteiger partial charge in [0, 0.05) is 19.4 Å². The van der Waals surface area contributed by atoms with Gasteiger partial charge in [0.2, 0.25) is 5.91 Å². The number of aromatic nitrogens is 2. The van der Waals surface area contributed by atoms with Crippen molar-refractivity contribution in [1.29, 1.82) is 0 Å². The lowest BCUT2D eigenvalue weighted by Gasteiger charge is -2.20. The highest BCUT2D eigenvalue weighted by Gasteiger charge is 2.22. The predicted molar refractivity (Wildman–Crippen MR) is 78.8 cm³/mol. The van der Waals surface area contributed by atoms with Gasteiger partial charge in [0.1, 0.15) is 6.04 Å². The minimum Gasteiger partial charge on any atom is -0.480 e. The van der Waals surface area contributed by atoms with E-state index in [0.717, 1.165) is 0 Å². The summed E-state index contributed by atoms with van der Waals surface area (Å²) in [5, 5.41) is 9.74. The summed E-state index contributed by atoms with van der Waals surface area (Å²) in [6, 6.07) is 0.669. The van der Waals surface area contributed by atoms with Crippen molar-refractivity contribution in [3.8, 4) is 0 Å². The van der Waals surface area contributed by atoms with Crippen LogP contribution in [0.25, 0.3) is 5.65 Å². The number of likely N-dealkylation sites (N-methyl/N-ethyl adjacent to an activating group) is 1. The summed E-state index contributed by atoms with van der Waals surface area (Å²) in [5.41, 5.74) is 0.992. The topological polar surface area (TPSA) is 74.9 Å². The van der Waals surface area contributed by atoms with E-state index in [9.17, 15) is 9.59 Å². The van der Waals surface area contributed by atoms with Crippen LogP contribution >= 0.6 is 23.2 Å². The number of amides is 1. The summed E-state index contributed by atoms with van der Waals surface area (Å²) in [4.78, 5) is 28.3. The Bertz CT molecular complexity index is 714. The number of hydrogen-bond donors (Lipinski definition) is 1. The Hall–Kier alpha value is -1.79. The van der Waals surface area contributed by atoms with E-state index in [-0.39, 0.29) is 12.3 Å². The minimum atomic E-state index is -1.06. The van der Waals surface area contributed by atoms with E-state index < -0.39 is 12.0 Å². The first-order valence-electron chi connectivity index (χ1n) is 6.10. The maximum atomic E-state index is 12.0. The van der Waals surface area contributed by atoms with Gasteiger partial charge in [-0.2, -0.15) is 0 Å². The van der Waals surface area contributed by atoms with Gasteiger partial charge < -0.3 is 14.4 Å². The summed E-state index contributed by atoms with van der Waals surface area (Å²) < 4.78 is 1.63. The third kappa shape index (κ3) is 3.28. The number of fused-ring (bicyclic) bond motifs is 1. The van der Waals surface area contributed by atoms with Crippen molar-refractivity contribution in [3.63, 3.8) is 0 Å². The van der Waals surface area contributed by atoms with Gasteiger partial charge in [-0.15, -0.1) is 0 Å². The van der Waals surface area contributed by atoms with Crippen LogP contribution in [0.15, 0.2) is 18.5 Å². The van der Waals surface area contributed by atoms with Gasteiger partial charge in [-0.3, -0.25) is 4.79 Å². The molecule has 0 fully saturated rings. The number of pyridine rings is 1. The number of aliphatic carboxylic acids is 1. The Morgan fingerprint density at radius 2 is 2.10 bits per heavy atom. The molecule has 2 heterocycles. The van der Waals surface area contributed by atoms with Crippen LogP contribution in [0.4, 0.5) is 0 Å². The van der Waals surface area contributed by atoms with Crippen molar-refractivity contribution in [3.05, 3.63) is 34.2 Å². The van der Waals surface area contributed by atoms with Gasteiger partial charge >= 0.3 is 5.97 Å². The van der Waals surface area contributed by atoms with Crippen LogP contribution in [-0.2, 0) is 16.0 Å². The monoisotopic (exact) mass is 329 g/mol. The molecule has 0 bridgehead atoms. The number of halogens is 2. The first kappa shape index (κ1) is 15.6. The zero-order valence-electron chi connectivity index (χ0n) is 11.4. The molecule has 1 amide bonds. The molecule has 2 rings (SSSR count). The van der Waals surface area contributed by atoms with Gasteiger partial charge in [0.25, 0.3) is 0 Å². The lowest BCUT2D eigenvalue weighted by atomic mass is 10.2. The first-order chi connectivity index (χ1) is 9.79. The third-order valence-corrected chi connectivity index (χ3v) is 3.67. The number of hydrogen-bond acceptors (Lipinski definition) is 3. The number of nitrogens with zero attached hydrogens (tertiary/aromatic N) is 3. The summed E-state index contributed by atoms with van der Waals surface area (Å²) in [6.07, 6.45) is 3.27. The van der Waals surface area contributed by atoms with Crippen molar-refractivity contribution < 1.29 is 14.7 Å². The highest BCUT2D eigenvalue weighted by Crippen LogP contribution is 2.22. The Balaban J connectivity index is 2.22. The molecule has 0 radical (unpaired) electrons. The van der Waals surface area contributed by atoms with Crippen molar-refractivity contribution in [2.45, 2.75) is 19.4 Å². The van der Waals surface area contributed by atoms with Crippen LogP contribution in [0.5, 0.6) is 0 Å². The van der Waals surface area contributed by atoms with Gasteiger partial charge in [0.05, 0.1) is 22.2 Å². The number of rotatable bonds is 4.